The fourth-order valence-electron chi connectivity index (χ4n) is 3.85. The second-order valence-corrected chi connectivity index (χ2v) is 7.40. The Morgan fingerprint density at radius 3 is 2.97 bits per heavy atom. The summed E-state index contributed by atoms with van der Waals surface area (Å²) in [4.78, 5) is 4.05. The number of aromatic nitrogens is 4. The van der Waals surface area contributed by atoms with Gasteiger partial charge in [-0.25, -0.2) is 9.37 Å². The highest BCUT2D eigenvalue weighted by molar-refractivity contribution is 5.81. The lowest BCUT2D eigenvalue weighted by atomic mass is 10.1. The zero-order valence-corrected chi connectivity index (χ0v) is 17.1. The molecule has 2 aromatic carbocycles. The molecule has 0 spiro atoms. The van der Waals surface area contributed by atoms with Crippen LogP contribution in [0.25, 0.3) is 11.3 Å². The van der Waals surface area contributed by atoms with Crippen LogP contribution in [0.15, 0.2) is 55.1 Å². The van der Waals surface area contributed by atoms with Gasteiger partial charge in [0.2, 0.25) is 0 Å². The number of hydrogen-bond donors (Lipinski definition) is 2. The Bertz CT molecular complexity index is 1200. The molecule has 0 radical (unpaired) electrons. The minimum atomic E-state index is -0.288. The summed E-state index contributed by atoms with van der Waals surface area (Å²) in [5.41, 5.74) is 4.72. The first-order chi connectivity index (χ1) is 15.2. The molecule has 7 nitrogen and oxygen atoms in total. The summed E-state index contributed by atoms with van der Waals surface area (Å²) in [5.74, 6) is 1.88. The van der Waals surface area contributed by atoms with Gasteiger partial charge in [0, 0.05) is 42.2 Å². The van der Waals surface area contributed by atoms with Crippen LogP contribution >= 0.6 is 0 Å². The third-order valence-corrected chi connectivity index (χ3v) is 5.35. The number of fused-ring (bicyclic) bond motifs is 3. The number of halogens is 1. The highest BCUT2D eigenvalue weighted by Crippen LogP contribution is 2.44. The second-order valence-electron chi connectivity index (χ2n) is 7.40. The van der Waals surface area contributed by atoms with Gasteiger partial charge in [0.1, 0.15) is 11.6 Å². The van der Waals surface area contributed by atoms with E-state index >= 15 is 0 Å². The van der Waals surface area contributed by atoms with Gasteiger partial charge in [-0.15, -0.1) is 0 Å². The Labute approximate surface area is 178 Å². The summed E-state index contributed by atoms with van der Waals surface area (Å²) >= 11 is 0. The summed E-state index contributed by atoms with van der Waals surface area (Å²) in [7, 11) is 1.64. The summed E-state index contributed by atoms with van der Waals surface area (Å²) in [6.07, 6.45) is 7.07. The Morgan fingerprint density at radius 1 is 1.23 bits per heavy atom. The van der Waals surface area contributed by atoms with Crippen molar-refractivity contribution >= 4 is 11.5 Å². The van der Waals surface area contributed by atoms with Crippen LogP contribution in [0.3, 0.4) is 0 Å². The van der Waals surface area contributed by atoms with E-state index in [0.29, 0.717) is 24.5 Å². The lowest BCUT2D eigenvalue weighted by molar-refractivity contribution is 0.282. The molecule has 0 aliphatic heterocycles. The molecule has 8 heteroatoms. The molecular weight excluding hydrogens is 397 g/mol. The summed E-state index contributed by atoms with van der Waals surface area (Å²) in [6.45, 7) is 1.42. The minimum absolute atomic E-state index is 0.288. The highest BCUT2D eigenvalue weighted by atomic mass is 19.1. The zero-order chi connectivity index (χ0) is 21.2. The molecule has 4 aromatic rings. The minimum Gasteiger partial charge on any atom is -0.493 e. The fraction of sp³-hybridized carbons (Fsp3) is 0.217. The fourth-order valence-corrected chi connectivity index (χ4v) is 3.85. The van der Waals surface area contributed by atoms with Crippen molar-refractivity contribution in [3.05, 3.63) is 72.1 Å². The molecule has 1 aliphatic rings. The van der Waals surface area contributed by atoms with Gasteiger partial charge in [0.25, 0.3) is 0 Å². The molecular formula is C23H22FN5O2. The van der Waals surface area contributed by atoms with Crippen LogP contribution in [0.2, 0.25) is 0 Å². The molecule has 2 heterocycles. The van der Waals surface area contributed by atoms with E-state index in [1.54, 1.807) is 25.7 Å². The van der Waals surface area contributed by atoms with E-state index in [2.05, 4.69) is 20.5 Å². The molecule has 2 aromatic heterocycles. The molecule has 5 rings (SSSR count). The van der Waals surface area contributed by atoms with Crippen LogP contribution in [0, 0.1) is 5.82 Å². The summed E-state index contributed by atoms with van der Waals surface area (Å²) < 4.78 is 27.1. The van der Waals surface area contributed by atoms with E-state index in [0.717, 1.165) is 46.9 Å². The molecule has 31 heavy (non-hydrogen) atoms. The molecule has 0 atom stereocenters. The van der Waals surface area contributed by atoms with Gasteiger partial charge in [0.15, 0.2) is 11.5 Å². The number of nitrogens with one attached hydrogen (secondary N) is 2. The van der Waals surface area contributed by atoms with E-state index in [1.807, 2.05) is 29.0 Å². The summed E-state index contributed by atoms with van der Waals surface area (Å²) in [5, 5.41) is 10.7. The number of aromatic amines is 1. The number of aryl methyl sites for hydroxylation is 1. The molecule has 0 fully saturated rings. The number of anilines is 2. The molecule has 2 N–H and O–H groups in total. The molecule has 0 saturated carbocycles. The van der Waals surface area contributed by atoms with Gasteiger partial charge < -0.3 is 19.4 Å². The first-order valence-electron chi connectivity index (χ1n) is 10.1. The van der Waals surface area contributed by atoms with Crippen LogP contribution in [0.5, 0.6) is 11.5 Å². The maximum atomic E-state index is 13.5. The number of nitrogens with zero attached hydrogens (tertiary/aromatic N) is 3. The van der Waals surface area contributed by atoms with Gasteiger partial charge in [-0.05, 0) is 42.3 Å². The number of H-pyrrole nitrogens is 1. The normalized spacial score (nSPS) is 11.8. The van der Waals surface area contributed by atoms with Gasteiger partial charge in [0.05, 0.1) is 25.7 Å². The SMILES string of the molecule is COc1cc2c(cc1OCCCn1ccnc1)Cc1c-2n[nH]c1Nc1cccc(F)c1. The number of ether oxygens (including phenoxy) is 2. The highest BCUT2D eigenvalue weighted by Gasteiger charge is 2.27. The van der Waals surface area contributed by atoms with Crippen molar-refractivity contribution in [2.75, 3.05) is 19.0 Å². The first kappa shape index (κ1) is 19.2. The van der Waals surface area contributed by atoms with E-state index in [-0.39, 0.29) is 5.82 Å². The number of imidazole rings is 1. The second kappa shape index (κ2) is 8.14. The monoisotopic (exact) mass is 419 g/mol. The number of methoxy groups -OCH3 is 1. The van der Waals surface area contributed by atoms with Crippen molar-refractivity contribution < 1.29 is 13.9 Å². The average molecular weight is 419 g/mol. The van der Waals surface area contributed by atoms with E-state index in [1.165, 1.54) is 12.1 Å². The van der Waals surface area contributed by atoms with Gasteiger partial charge in [-0.3, -0.25) is 5.10 Å². The molecule has 0 amide bonds. The van der Waals surface area contributed by atoms with Gasteiger partial charge >= 0.3 is 0 Å². The van der Waals surface area contributed by atoms with Crippen LogP contribution in [-0.2, 0) is 13.0 Å². The Kier molecular flexibility index (Phi) is 5.03. The number of benzene rings is 2. The van der Waals surface area contributed by atoms with E-state index in [4.69, 9.17) is 9.47 Å². The van der Waals surface area contributed by atoms with Gasteiger partial charge in [-0.2, -0.15) is 5.10 Å². The maximum Gasteiger partial charge on any atom is 0.161 e. The van der Waals surface area contributed by atoms with Crippen molar-refractivity contribution in [1.29, 1.82) is 0 Å². The van der Waals surface area contributed by atoms with Crippen LogP contribution < -0.4 is 14.8 Å². The number of rotatable bonds is 8. The Hall–Kier alpha value is -3.81. The van der Waals surface area contributed by atoms with E-state index < -0.39 is 0 Å². The third kappa shape index (κ3) is 3.84. The topological polar surface area (TPSA) is 77.0 Å². The molecule has 1 aliphatic carbocycles. The predicted molar refractivity (Wildman–Crippen MR) is 115 cm³/mol. The third-order valence-electron chi connectivity index (χ3n) is 5.35. The van der Waals surface area contributed by atoms with Crippen LogP contribution in [-0.4, -0.2) is 33.5 Å². The smallest absolute Gasteiger partial charge is 0.161 e. The molecule has 0 unspecified atom stereocenters. The largest absolute Gasteiger partial charge is 0.493 e. The predicted octanol–water partition coefficient (Wildman–Crippen LogP) is 4.54. The lowest BCUT2D eigenvalue weighted by Gasteiger charge is -2.13. The van der Waals surface area contributed by atoms with Crippen LogP contribution in [0.4, 0.5) is 15.9 Å². The Morgan fingerprint density at radius 2 is 2.16 bits per heavy atom. The van der Waals surface area contributed by atoms with Crippen molar-refractivity contribution in [2.24, 2.45) is 0 Å². The van der Waals surface area contributed by atoms with Crippen molar-refractivity contribution in [3.8, 4) is 22.8 Å². The average Bonchev–Trinajstić information content (AvgIpc) is 3.49. The lowest BCUT2D eigenvalue weighted by Crippen LogP contribution is -2.04. The number of hydrogen-bond acceptors (Lipinski definition) is 5. The maximum absolute atomic E-state index is 13.5. The van der Waals surface area contributed by atoms with E-state index in [9.17, 15) is 4.39 Å². The van der Waals surface area contributed by atoms with Crippen molar-refractivity contribution in [2.45, 2.75) is 19.4 Å². The Balaban J connectivity index is 1.32. The molecule has 0 bridgehead atoms. The standard InChI is InChI=1S/C23H22FN5O2/c1-30-20-13-18-15(11-21(20)31-9-3-7-29-8-6-25-14-29)10-19-22(18)27-28-23(19)26-17-5-2-4-16(24)12-17/h2,4-6,8,11-14H,3,7,9-10H2,1H3,(H2,26,27,28). The summed E-state index contributed by atoms with van der Waals surface area (Å²) in [6, 6.07) is 10.4. The first-order valence-corrected chi connectivity index (χ1v) is 10.1. The zero-order valence-electron chi connectivity index (χ0n) is 17.1. The van der Waals surface area contributed by atoms with Crippen molar-refractivity contribution in [1.82, 2.24) is 19.7 Å². The van der Waals surface area contributed by atoms with Gasteiger partial charge in [-0.1, -0.05) is 6.07 Å². The van der Waals surface area contributed by atoms with Crippen molar-refractivity contribution in [3.63, 3.8) is 0 Å². The molecule has 158 valence electrons. The van der Waals surface area contributed by atoms with Crippen LogP contribution in [0.1, 0.15) is 17.5 Å². The quantitative estimate of drug-likeness (QED) is 0.361. The molecule has 0 saturated heterocycles.